The first-order valence-electron chi connectivity index (χ1n) is 5.62. The van der Waals surface area contributed by atoms with Crippen molar-refractivity contribution in [1.29, 1.82) is 0 Å². The summed E-state index contributed by atoms with van der Waals surface area (Å²) in [5.74, 6) is 1.15. The van der Waals surface area contributed by atoms with Gasteiger partial charge in [0.15, 0.2) is 35.5 Å². The third kappa shape index (κ3) is 2.19. The third-order valence-electron chi connectivity index (χ3n) is 2.66. The summed E-state index contributed by atoms with van der Waals surface area (Å²) in [7, 11) is 0. The minimum atomic E-state index is -0.00871. The SMILES string of the molecule is Cc1nc(-c2nncn2SF)c(-c2ccccc2Cl)o1. The number of nitrogens with zero attached hydrogens (tertiary/aromatic N) is 4. The standard InChI is InChI=1S/C12H8ClFN4OS/c1-7-16-10(12-17-15-6-18(12)20-14)11(19-7)8-4-2-3-5-9(8)13/h2-6H,1H3. The highest BCUT2D eigenvalue weighted by Crippen LogP contribution is 2.36. The number of benzene rings is 1. The molecule has 8 heteroatoms. The molecule has 2 aromatic heterocycles. The molecule has 0 aliphatic carbocycles. The molecule has 0 aliphatic heterocycles. The Morgan fingerprint density at radius 2 is 2.15 bits per heavy atom. The van der Waals surface area contributed by atoms with E-state index in [1.807, 2.05) is 12.1 Å². The first kappa shape index (κ1) is 13.1. The highest BCUT2D eigenvalue weighted by Gasteiger charge is 2.21. The molecule has 0 amide bonds. The van der Waals surface area contributed by atoms with Crippen LogP contribution in [0.5, 0.6) is 0 Å². The van der Waals surface area contributed by atoms with Crippen LogP contribution in [0.15, 0.2) is 35.0 Å². The lowest BCUT2D eigenvalue weighted by molar-refractivity contribution is 0.534. The lowest BCUT2D eigenvalue weighted by Crippen LogP contribution is -1.91. The number of aromatic nitrogens is 4. The molecule has 3 aromatic rings. The van der Waals surface area contributed by atoms with E-state index in [0.29, 0.717) is 27.9 Å². The molecule has 3 rings (SSSR count). The van der Waals surface area contributed by atoms with Crippen LogP contribution < -0.4 is 0 Å². The molecule has 102 valence electrons. The molecular weight excluding hydrogens is 303 g/mol. The van der Waals surface area contributed by atoms with Gasteiger partial charge in [0.25, 0.3) is 0 Å². The van der Waals surface area contributed by atoms with E-state index in [1.54, 1.807) is 19.1 Å². The van der Waals surface area contributed by atoms with Crippen molar-refractivity contribution in [1.82, 2.24) is 19.2 Å². The van der Waals surface area contributed by atoms with Crippen molar-refractivity contribution >= 4 is 23.9 Å². The van der Waals surface area contributed by atoms with Crippen LogP contribution in [0.4, 0.5) is 3.89 Å². The zero-order valence-corrected chi connectivity index (χ0v) is 11.8. The van der Waals surface area contributed by atoms with Crippen molar-refractivity contribution in [2.24, 2.45) is 0 Å². The lowest BCUT2D eigenvalue weighted by atomic mass is 10.1. The van der Waals surface area contributed by atoms with E-state index in [0.717, 1.165) is 3.97 Å². The minimum Gasteiger partial charge on any atom is -0.440 e. The number of aryl methyl sites for hydroxylation is 1. The Hall–Kier alpha value is -1.86. The molecule has 0 saturated heterocycles. The van der Waals surface area contributed by atoms with Crippen molar-refractivity contribution in [3.63, 3.8) is 0 Å². The first-order chi connectivity index (χ1) is 9.70. The first-order valence-corrected chi connectivity index (χ1v) is 6.67. The van der Waals surface area contributed by atoms with Gasteiger partial charge in [-0.2, -0.15) is 0 Å². The van der Waals surface area contributed by atoms with E-state index in [2.05, 4.69) is 15.2 Å². The van der Waals surface area contributed by atoms with E-state index in [1.165, 1.54) is 6.33 Å². The van der Waals surface area contributed by atoms with Crippen molar-refractivity contribution in [3.05, 3.63) is 41.5 Å². The van der Waals surface area contributed by atoms with E-state index in [4.69, 9.17) is 16.0 Å². The topological polar surface area (TPSA) is 56.7 Å². The Morgan fingerprint density at radius 1 is 1.35 bits per heavy atom. The van der Waals surface area contributed by atoms with Crippen LogP contribution in [0.3, 0.4) is 0 Å². The van der Waals surface area contributed by atoms with Gasteiger partial charge in [0.1, 0.15) is 6.33 Å². The fourth-order valence-corrected chi connectivity index (χ4v) is 2.32. The van der Waals surface area contributed by atoms with Gasteiger partial charge in [-0.3, -0.25) is 0 Å². The predicted molar refractivity (Wildman–Crippen MR) is 74.8 cm³/mol. The zero-order valence-electron chi connectivity index (χ0n) is 10.2. The second-order valence-electron chi connectivity index (χ2n) is 3.94. The van der Waals surface area contributed by atoms with Gasteiger partial charge in [0, 0.05) is 12.5 Å². The number of hydrogen-bond donors (Lipinski definition) is 0. The van der Waals surface area contributed by atoms with Crippen LogP contribution >= 0.6 is 23.9 Å². The zero-order chi connectivity index (χ0) is 14.1. The smallest absolute Gasteiger partial charge is 0.198 e. The van der Waals surface area contributed by atoms with Crippen LogP contribution in [0.2, 0.25) is 5.02 Å². The Kier molecular flexibility index (Phi) is 3.45. The summed E-state index contributed by atoms with van der Waals surface area (Å²) in [6.07, 6.45) is 1.26. The van der Waals surface area contributed by atoms with Crippen molar-refractivity contribution in [3.8, 4) is 22.8 Å². The summed E-state index contributed by atoms with van der Waals surface area (Å²) in [5, 5.41) is 8.06. The van der Waals surface area contributed by atoms with Crippen molar-refractivity contribution < 1.29 is 8.30 Å². The highest BCUT2D eigenvalue weighted by molar-refractivity contribution is 7.92. The molecule has 0 radical (unpaired) electrons. The van der Waals surface area contributed by atoms with E-state index < -0.39 is 0 Å². The molecule has 5 nitrogen and oxygen atoms in total. The number of oxazole rings is 1. The van der Waals surface area contributed by atoms with Gasteiger partial charge < -0.3 is 4.42 Å². The molecule has 0 saturated carbocycles. The molecular formula is C12H8ClFN4OS. The minimum absolute atomic E-state index is 0.00871. The molecule has 0 aliphatic rings. The van der Waals surface area contributed by atoms with Gasteiger partial charge in [-0.05, 0) is 12.1 Å². The fraction of sp³-hybridized carbons (Fsp3) is 0.0833. The van der Waals surface area contributed by atoms with E-state index in [-0.39, 0.29) is 18.2 Å². The largest absolute Gasteiger partial charge is 0.440 e. The van der Waals surface area contributed by atoms with Crippen LogP contribution in [-0.4, -0.2) is 19.2 Å². The van der Waals surface area contributed by atoms with Gasteiger partial charge in [0.05, 0.1) is 5.02 Å². The molecule has 0 fully saturated rings. The summed E-state index contributed by atoms with van der Waals surface area (Å²) < 4.78 is 19.6. The highest BCUT2D eigenvalue weighted by atomic mass is 35.5. The van der Waals surface area contributed by atoms with Crippen molar-refractivity contribution in [2.75, 3.05) is 0 Å². The molecule has 1 aromatic carbocycles. The van der Waals surface area contributed by atoms with E-state index in [9.17, 15) is 3.89 Å². The van der Waals surface area contributed by atoms with Crippen molar-refractivity contribution in [2.45, 2.75) is 6.92 Å². The van der Waals surface area contributed by atoms with Gasteiger partial charge in [0.2, 0.25) is 0 Å². The number of halogens is 2. The number of rotatable bonds is 3. The lowest BCUT2D eigenvalue weighted by Gasteiger charge is -2.02. The maximum Gasteiger partial charge on any atom is 0.198 e. The maximum atomic E-state index is 12.8. The van der Waals surface area contributed by atoms with Gasteiger partial charge in [-0.1, -0.05) is 23.7 Å². The Balaban J connectivity index is 2.22. The van der Waals surface area contributed by atoms with Gasteiger partial charge in [-0.15, -0.1) is 14.1 Å². The maximum absolute atomic E-state index is 12.8. The molecule has 0 unspecified atom stereocenters. The molecule has 20 heavy (non-hydrogen) atoms. The average molecular weight is 311 g/mol. The van der Waals surface area contributed by atoms with Gasteiger partial charge >= 0.3 is 0 Å². The van der Waals surface area contributed by atoms with Crippen LogP contribution in [0.1, 0.15) is 5.89 Å². The molecule has 2 heterocycles. The second-order valence-corrected chi connectivity index (χ2v) is 4.88. The second kappa shape index (κ2) is 5.26. The number of hydrogen-bond acceptors (Lipinski definition) is 5. The summed E-state index contributed by atoms with van der Waals surface area (Å²) in [6.45, 7) is 1.70. The van der Waals surface area contributed by atoms with Crippen LogP contribution in [0.25, 0.3) is 22.8 Å². The monoisotopic (exact) mass is 310 g/mol. The summed E-state index contributed by atoms with van der Waals surface area (Å²) >= 11 is 6.16. The predicted octanol–water partition coefficient (Wildman–Crippen LogP) is 3.94. The Bertz CT molecular complexity index is 758. The summed E-state index contributed by atoms with van der Waals surface area (Å²) in [5.41, 5.74) is 1.07. The fourth-order valence-electron chi connectivity index (χ4n) is 1.83. The van der Waals surface area contributed by atoms with Crippen LogP contribution in [-0.2, 0) is 0 Å². The molecule has 0 N–H and O–H groups in total. The quantitative estimate of drug-likeness (QED) is 0.733. The van der Waals surface area contributed by atoms with Crippen LogP contribution in [0, 0.1) is 6.92 Å². The normalized spacial score (nSPS) is 10.9. The summed E-state index contributed by atoms with van der Waals surface area (Å²) in [4.78, 5) is 4.25. The Morgan fingerprint density at radius 3 is 2.90 bits per heavy atom. The third-order valence-corrected chi connectivity index (χ3v) is 3.40. The molecule has 0 bridgehead atoms. The Labute approximate surface area is 123 Å². The molecule has 0 atom stereocenters. The van der Waals surface area contributed by atoms with Gasteiger partial charge in [-0.25, -0.2) is 8.96 Å². The van der Waals surface area contributed by atoms with E-state index >= 15 is 0 Å². The summed E-state index contributed by atoms with van der Waals surface area (Å²) in [6, 6.07) is 7.19. The molecule has 0 spiro atoms. The average Bonchev–Trinajstić information content (AvgIpc) is 3.04.